The van der Waals surface area contributed by atoms with E-state index in [4.69, 9.17) is 5.73 Å². The lowest BCUT2D eigenvalue weighted by Crippen LogP contribution is -2.43. The first-order valence-corrected chi connectivity index (χ1v) is 10.3. The SMILES string of the molecule is Cl.NC[C@H]1CCC[C@H]1C(=O)NCCS(=O)(=O)N1CCSCC1. The summed E-state index contributed by atoms with van der Waals surface area (Å²) < 4.78 is 25.8. The molecule has 2 aliphatic rings. The van der Waals surface area contributed by atoms with Crippen molar-refractivity contribution in [3.05, 3.63) is 0 Å². The number of sulfonamides is 1. The van der Waals surface area contributed by atoms with E-state index < -0.39 is 10.0 Å². The highest BCUT2D eigenvalue weighted by Gasteiger charge is 2.32. The van der Waals surface area contributed by atoms with Gasteiger partial charge in [-0.3, -0.25) is 4.79 Å². The van der Waals surface area contributed by atoms with Crippen molar-refractivity contribution in [3.63, 3.8) is 0 Å². The van der Waals surface area contributed by atoms with Gasteiger partial charge in [0.05, 0.1) is 5.75 Å². The van der Waals surface area contributed by atoms with Crippen LogP contribution in [-0.4, -0.2) is 62.1 Å². The van der Waals surface area contributed by atoms with Gasteiger partial charge in [0.1, 0.15) is 0 Å². The Morgan fingerprint density at radius 1 is 1.27 bits per heavy atom. The van der Waals surface area contributed by atoms with Gasteiger partial charge >= 0.3 is 0 Å². The molecule has 0 bridgehead atoms. The summed E-state index contributed by atoms with van der Waals surface area (Å²) in [5.74, 6) is 1.87. The summed E-state index contributed by atoms with van der Waals surface area (Å²) in [6.07, 6.45) is 2.89. The molecule has 0 aromatic rings. The van der Waals surface area contributed by atoms with E-state index in [2.05, 4.69) is 5.32 Å². The van der Waals surface area contributed by atoms with Gasteiger partial charge in [-0.2, -0.15) is 11.8 Å². The predicted molar refractivity (Wildman–Crippen MR) is 92.8 cm³/mol. The number of carbonyl (C=O) groups excluding carboxylic acids is 1. The van der Waals surface area contributed by atoms with Gasteiger partial charge in [-0.1, -0.05) is 6.42 Å². The molecule has 2 fully saturated rings. The maximum Gasteiger partial charge on any atom is 0.223 e. The van der Waals surface area contributed by atoms with Crippen molar-refractivity contribution in [2.24, 2.45) is 17.6 Å². The van der Waals surface area contributed by atoms with Gasteiger partial charge in [0.2, 0.25) is 15.9 Å². The van der Waals surface area contributed by atoms with Gasteiger partial charge in [0, 0.05) is 37.1 Å². The molecule has 3 N–H and O–H groups in total. The fraction of sp³-hybridized carbons (Fsp3) is 0.923. The van der Waals surface area contributed by atoms with E-state index >= 15 is 0 Å². The number of hydrogen-bond donors (Lipinski definition) is 2. The summed E-state index contributed by atoms with van der Waals surface area (Å²) >= 11 is 1.78. The predicted octanol–water partition coefficient (Wildman–Crippen LogP) is 0.278. The first kappa shape index (κ1) is 20.0. The zero-order valence-corrected chi connectivity index (χ0v) is 15.1. The molecule has 1 aliphatic carbocycles. The summed E-state index contributed by atoms with van der Waals surface area (Å²) in [5.41, 5.74) is 5.67. The van der Waals surface area contributed by atoms with Crippen LogP contribution >= 0.6 is 24.2 Å². The van der Waals surface area contributed by atoms with Crippen LogP contribution in [0.5, 0.6) is 0 Å². The van der Waals surface area contributed by atoms with Gasteiger partial charge in [-0.15, -0.1) is 12.4 Å². The number of nitrogens with two attached hydrogens (primary N) is 1. The zero-order valence-electron chi connectivity index (χ0n) is 12.7. The number of rotatable bonds is 6. The maximum atomic E-state index is 12.2. The van der Waals surface area contributed by atoms with Crippen molar-refractivity contribution in [3.8, 4) is 0 Å². The Kier molecular flexibility index (Phi) is 8.48. The molecule has 1 heterocycles. The highest BCUT2D eigenvalue weighted by atomic mass is 35.5. The Morgan fingerprint density at radius 3 is 2.59 bits per heavy atom. The van der Waals surface area contributed by atoms with Crippen LogP contribution in [0.25, 0.3) is 0 Å². The van der Waals surface area contributed by atoms with Crippen LogP contribution in [-0.2, 0) is 14.8 Å². The van der Waals surface area contributed by atoms with Crippen molar-refractivity contribution in [1.29, 1.82) is 0 Å². The fourth-order valence-electron chi connectivity index (χ4n) is 3.05. The van der Waals surface area contributed by atoms with E-state index in [0.717, 1.165) is 30.8 Å². The standard InChI is InChI=1S/C13H25N3O3S2.ClH/c14-10-11-2-1-3-12(11)13(17)15-4-9-21(18,19)16-5-7-20-8-6-16;/h11-12H,1-10,14H2,(H,15,17);1H/t11-,12-;/m1./s1. The second-order valence-corrected chi connectivity index (χ2v) is 8.96. The molecule has 0 spiro atoms. The van der Waals surface area contributed by atoms with Crippen molar-refractivity contribution in [2.45, 2.75) is 19.3 Å². The lowest BCUT2D eigenvalue weighted by atomic mass is 9.95. The van der Waals surface area contributed by atoms with Crippen LogP contribution in [0.4, 0.5) is 0 Å². The first-order valence-electron chi connectivity index (χ1n) is 7.58. The normalized spacial score (nSPS) is 26.4. The van der Waals surface area contributed by atoms with E-state index in [9.17, 15) is 13.2 Å². The van der Waals surface area contributed by atoms with Gasteiger partial charge in [0.25, 0.3) is 0 Å². The number of nitrogens with zero attached hydrogens (tertiary/aromatic N) is 1. The Hall–Kier alpha value is -0.0200. The highest BCUT2D eigenvalue weighted by molar-refractivity contribution is 7.99. The molecule has 22 heavy (non-hydrogen) atoms. The average Bonchev–Trinajstić information content (AvgIpc) is 2.96. The third-order valence-electron chi connectivity index (χ3n) is 4.32. The minimum absolute atomic E-state index is 0. The summed E-state index contributed by atoms with van der Waals surface area (Å²) in [6, 6.07) is 0. The van der Waals surface area contributed by atoms with E-state index in [1.807, 2.05) is 0 Å². The number of thioether (sulfide) groups is 1. The Bertz CT molecular complexity index is 455. The fourth-order valence-corrected chi connectivity index (χ4v) is 5.54. The van der Waals surface area contributed by atoms with Gasteiger partial charge in [-0.25, -0.2) is 12.7 Å². The molecule has 1 amide bonds. The molecule has 1 saturated heterocycles. The van der Waals surface area contributed by atoms with Crippen molar-refractivity contribution < 1.29 is 13.2 Å². The Balaban J connectivity index is 0.00000242. The van der Waals surface area contributed by atoms with E-state index in [-0.39, 0.29) is 42.4 Å². The summed E-state index contributed by atoms with van der Waals surface area (Å²) in [7, 11) is -3.24. The number of carbonyl (C=O) groups is 1. The largest absolute Gasteiger partial charge is 0.355 e. The maximum absolute atomic E-state index is 12.2. The van der Waals surface area contributed by atoms with Crippen LogP contribution in [0, 0.1) is 11.8 Å². The second-order valence-electron chi connectivity index (χ2n) is 5.65. The third-order valence-corrected chi connectivity index (χ3v) is 7.14. The summed E-state index contributed by atoms with van der Waals surface area (Å²) in [4.78, 5) is 12.1. The molecule has 0 radical (unpaired) electrons. The topological polar surface area (TPSA) is 92.5 Å². The molecular formula is C13H26ClN3O3S2. The summed E-state index contributed by atoms with van der Waals surface area (Å²) in [6.45, 7) is 1.89. The molecular weight excluding hydrogens is 346 g/mol. The second kappa shape index (κ2) is 9.32. The van der Waals surface area contributed by atoms with Crippen LogP contribution in [0.2, 0.25) is 0 Å². The minimum Gasteiger partial charge on any atom is -0.355 e. The van der Waals surface area contributed by atoms with E-state index in [1.54, 1.807) is 11.8 Å². The Morgan fingerprint density at radius 2 is 1.95 bits per heavy atom. The van der Waals surface area contributed by atoms with Crippen molar-refractivity contribution in [1.82, 2.24) is 9.62 Å². The van der Waals surface area contributed by atoms with Crippen LogP contribution in [0.3, 0.4) is 0 Å². The quantitative estimate of drug-likeness (QED) is 0.699. The molecule has 2 atom stereocenters. The van der Waals surface area contributed by atoms with E-state index in [0.29, 0.717) is 19.6 Å². The molecule has 0 aromatic carbocycles. The van der Waals surface area contributed by atoms with Gasteiger partial charge in [0.15, 0.2) is 0 Å². The van der Waals surface area contributed by atoms with Crippen molar-refractivity contribution >= 4 is 40.1 Å². The van der Waals surface area contributed by atoms with Gasteiger partial charge in [-0.05, 0) is 25.3 Å². The van der Waals surface area contributed by atoms with Crippen LogP contribution in [0.15, 0.2) is 0 Å². The molecule has 6 nitrogen and oxygen atoms in total. The molecule has 0 aromatic heterocycles. The number of nitrogens with one attached hydrogen (secondary N) is 1. The number of hydrogen-bond acceptors (Lipinski definition) is 5. The van der Waals surface area contributed by atoms with Gasteiger partial charge < -0.3 is 11.1 Å². The molecule has 130 valence electrons. The van der Waals surface area contributed by atoms with Crippen molar-refractivity contribution in [2.75, 3.05) is 43.4 Å². The first-order chi connectivity index (χ1) is 10.0. The zero-order chi connectivity index (χ0) is 15.3. The molecule has 9 heteroatoms. The molecule has 0 unspecified atom stereocenters. The monoisotopic (exact) mass is 371 g/mol. The highest BCUT2D eigenvalue weighted by Crippen LogP contribution is 2.30. The lowest BCUT2D eigenvalue weighted by Gasteiger charge is -2.25. The smallest absolute Gasteiger partial charge is 0.223 e. The molecule has 1 aliphatic heterocycles. The summed E-state index contributed by atoms with van der Waals surface area (Å²) in [5, 5.41) is 2.78. The number of halogens is 1. The minimum atomic E-state index is -3.24. The van der Waals surface area contributed by atoms with Crippen LogP contribution in [0.1, 0.15) is 19.3 Å². The number of amides is 1. The van der Waals surface area contributed by atoms with Crippen LogP contribution < -0.4 is 11.1 Å². The lowest BCUT2D eigenvalue weighted by molar-refractivity contribution is -0.125. The third kappa shape index (κ3) is 5.26. The Labute approximate surface area is 143 Å². The molecule has 1 saturated carbocycles. The van der Waals surface area contributed by atoms with E-state index in [1.165, 1.54) is 4.31 Å². The average molecular weight is 372 g/mol. The molecule has 2 rings (SSSR count).